The van der Waals surface area contributed by atoms with Gasteiger partial charge in [-0.2, -0.15) is 0 Å². The molecule has 214 valence electrons. The van der Waals surface area contributed by atoms with Crippen LogP contribution < -0.4 is 4.72 Å². The van der Waals surface area contributed by atoms with E-state index in [2.05, 4.69) is 28.8 Å². The topological polar surface area (TPSA) is 88.1 Å². The van der Waals surface area contributed by atoms with Crippen LogP contribution in [0, 0.1) is 0 Å². The fraction of sp³-hybridized carbons (Fsp3) is 0.273. The number of benzene rings is 4. The van der Waals surface area contributed by atoms with E-state index in [4.69, 9.17) is 9.47 Å². The minimum Gasteiger partial charge on any atom is -0.392 e. The average Bonchev–Trinajstić information content (AvgIpc) is 3.01. The van der Waals surface area contributed by atoms with Gasteiger partial charge in [-0.25, -0.2) is 13.1 Å². The van der Waals surface area contributed by atoms with E-state index >= 15 is 0 Å². The maximum atomic E-state index is 12.6. The van der Waals surface area contributed by atoms with Crippen LogP contribution in [-0.2, 0) is 39.2 Å². The Morgan fingerprint density at radius 1 is 0.780 bits per heavy atom. The molecule has 5 rings (SSSR count). The van der Waals surface area contributed by atoms with Crippen LogP contribution in [0.25, 0.3) is 0 Å². The fourth-order valence-electron chi connectivity index (χ4n) is 4.99. The SMILES string of the molecule is CN(Cc1ccccc1)C[C@@H]1C[C@H](c2ccc(CO)cc2)O[C@H](c2ccc(CNS(=O)(=O)c3ccccc3)cc2)O1. The van der Waals surface area contributed by atoms with Gasteiger partial charge in [0.1, 0.15) is 0 Å². The molecule has 1 heterocycles. The second-order valence-electron chi connectivity index (χ2n) is 10.4. The van der Waals surface area contributed by atoms with Crippen molar-refractivity contribution in [3.63, 3.8) is 0 Å². The minimum absolute atomic E-state index is 0.00169. The summed E-state index contributed by atoms with van der Waals surface area (Å²) in [5.41, 5.74) is 4.84. The number of hydrogen-bond donors (Lipinski definition) is 2. The van der Waals surface area contributed by atoms with Gasteiger partial charge in [-0.3, -0.25) is 4.90 Å². The molecule has 0 amide bonds. The van der Waals surface area contributed by atoms with E-state index in [0.29, 0.717) is 6.42 Å². The van der Waals surface area contributed by atoms with Crippen molar-refractivity contribution in [2.24, 2.45) is 0 Å². The lowest BCUT2D eigenvalue weighted by Crippen LogP contribution is -2.37. The van der Waals surface area contributed by atoms with Gasteiger partial charge in [-0.1, -0.05) is 97.1 Å². The molecule has 0 unspecified atom stereocenters. The number of ether oxygens (including phenoxy) is 2. The monoisotopic (exact) mass is 572 g/mol. The molecule has 7 nitrogen and oxygen atoms in total. The molecule has 0 aromatic heterocycles. The number of nitrogens with one attached hydrogen (secondary N) is 1. The predicted molar refractivity (Wildman–Crippen MR) is 158 cm³/mol. The molecule has 0 bridgehead atoms. The van der Waals surface area contributed by atoms with E-state index in [0.717, 1.165) is 35.3 Å². The number of sulfonamides is 1. The lowest BCUT2D eigenvalue weighted by Gasteiger charge is -2.38. The molecule has 1 saturated heterocycles. The molecule has 0 spiro atoms. The highest BCUT2D eigenvalue weighted by molar-refractivity contribution is 7.89. The maximum absolute atomic E-state index is 12.6. The van der Waals surface area contributed by atoms with Gasteiger partial charge in [-0.15, -0.1) is 0 Å². The smallest absolute Gasteiger partial charge is 0.240 e. The van der Waals surface area contributed by atoms with E-state index in [-0.39, 0.29) is 30.3 Å². The summed E-state index contributed by atoms with van der Waals surface area (Å²) in [6.45, 7) is 1.73. The first-order valence-corrected chi connectivity index (χ1v) is 15.2. The summed E-state index contributed by atoms with van der Waals surface area (Å²) in [7, 11) is -1.50. The van der Waals surface area contributed by atoms with E-state index < -0.39 is 16.3 Å². The quantitative estimate of drug-likeness (QED) is 0.253. The van der Waals surface area contributed by atoms with Crippen molar-refractivity contribution in [2.45, 2.75) is 49.5 Å². The van der Waals surface area contributed by atoms with Crippen molar-refractivity contribution in [2.75, 3.05) is 13.6 Å². The number of aliphatic hydroxyl groups is 1. The summed E-state index contributed by atoms with van der Waals surface area (Å²) >= 11 is 0. The van der Waals surface area contributed by atoms with Gasteiger partial charge in [-0.05, 0) is 41.4 Å². The van der Waals surface area contributed by atoms with Crippen LogP contribution in [0.3, 0.4) is 0 Å². The Hall–Kier alpha value is -3.37. The lowest BCUT2D eigenvalue weighted by atomic mass is 9.99. The molecule has 2 N–H and O–H groups in total. The van der Waals surface area contributed by atoms with Crippen molar-refractivity contribution >= 4 is 10.0 Å². The van der Waals surface area contributed by atoms with Crippen LogP contribution in [0.4, 0.5) is 0 Å². The maximum Gasteiger partial charge on any atom is 0.240 e. The molecule has 0 saturated carbocycles. The van der Waals surface area contributed by atoms with Crippen LogP contribution in [0.5, 0.6) is 0 Å². The predicted octanol–water partition coefficient (Wildman–Crippen LogP) is 5.33. The van der Waals surface area contributed by atoms with Crippen molar-refractivity contribution in [3.05, 3.63) is 137 Å². The summed E-state index contributed by atoms with van der Waals surface area (Å²) in [5.74, 6) is 0. The third kappa shape index (κ3) is 7.89. The molecule has 4 aromatic rings. The molecule has 41 heavy (non-hydrogen) atoms. The molecule has 8 heteroatoms. The molecule has 0 radical (unpaired) electrons. The molecule has 1 fully saturated rings. The van der Waals surface area contributed by atoms with Crippen LogP contribution in [0.2, 0.25) is 0 Å². The third-order valence-corrected chi connectivity index (χ3v) is 8.61. The van der Waals surface area contributed by atoms with Crippen LogP contribution >= 0.6 is 0 Å². The van der Waals surface area contributed by atoms with Gasteiger partial charge in [0.25, 0.3) is 0 Å². The highest BCUT2D eigenvalue weighted by Gasteiger charge is 2.32. The van der Waals surface area contributed by atoms with E-state index in [9.17, 15) is 13.5 Å². The zero-order chi connectivity index (χ0) is 28.7. The normalized spacial score (nSPS) is 19.3. The first-order valence-electron chi connectivity index (χ1n) is 13.8. The van der Waals surface area contributed by atoms with E-state index in [1.54, 1.807) is 30.3 Å². The standard InChI is InChI=1S/C33H36N2O5S/c1-35(22-26-8-4-2-5-9-26)23-30-20-32(28-16-14-27(24-36)15-17-28)40-33(39-30)29-18-12-25(13-19-29)21-34-41(37,38)31-10-6-3-7-11-31/h2-19,30,32-34,36H,20-24H2,1H3/t30-,32+,33+/m0/s1. The van der Waals surface area contributed by atoms with Gasteiger partial charge >= 0.3 is 0 Å². The molecule has 1 aliphatic rings. The fourth-order valence-corrected chi connectivity index (χ4v) is 6.03. The van der Waals surface area contributed by atoms with Gasteiger partial charge in [0, 0.05) is 31.6 Å². The van der Waals surface area contributed by atoms with Gasteiger partial charge in [0.15, 0.2) is 6.29 Å². The van der Waals surface area contributed by atoms with E-state index in [1.165, 1.54) is 5.56 Å². The summed E-state index contributed by atoms with van der Waals surface area (Å²) in [5, 5.41) is 9.46. The van der Waals surface area contributed by atoms with Gasteiger partial charge < -0.3 is 14.6 Å². The summed E-state index contributed by atoms with van der Waals surface area (Å²) in [6.07, 6.45) is -0.110. The average molecular weight is 573 g/mol. The van der Waals surface area contributed by atoms with Crippen molar-refractivity contribution in [3.8, 4) is 0 Å². The molecule has 1 aliphatic heterocycles. The van der Waals surface area contributed by atoms with Crippen molar-refractivity contribution < 1.29 is 23.0 Å². The highest BCUT2D eigenvalue weighted by atomic mass is 32.2. The largest absolute Gasteiger partial charge is 0.392 e. The molecular weight excluding hydrogens is 536 g/mol. The zero-order valence-corrected chi connectivity index (χ0v) is 23.9. The first-order chi connectivity index (χ1) is 19.9. The van der Waals surface area contributed by atoms with Crippen molar-refractivity contribution in [1.82, 2.24) is 9.62 Å². The second-order valence-corrected chi connectivity index (χ2v) is 12.2. The van der Waals surface area contributed by atoms with Gasteiger partial charge in [0.2, 0.25) is 10.0 Å². The molecule has 4 aromatic carbocycles. The number of hydrogen-bond acceptors (Lipinski definition) is 6. The number of nitrogens with zero attached hydrogens (tertiary/aromatic N) is 1. The Bertz CT molecular complexity index is 1480. The summed E-state index contributed by atoms with van der Waals surface area (Å²) in [4.78, 5) is 2.50. The Balaban J connectivity index is 1.28. The van der Waals surface area contributed by atoms with Gasteiger partial charge in [0.05, 0.1) is 23.7 Å². The Labute approximate surface area is 242 Å². The van der Waals surface area contributed by atoms with Crippen LogP contribution in [-0.4, -0.2) is 38.1 Å². The lowest BCUT2D eigenvalue weighted by molar-refractivity contribution is -0.252. The summed E-state index contributed by atoms with van der Waals surface area (Å²) in [6, 6.07) is 34.2. The zero-order valence-electron chi connectivity index (χ0n) is 23.1. The van der Waals surface area contributed by atoms with E-state index in [1.807, 2.05) is 66.7 Å². The Morgan fingerprint density at radius 3 is 2.05 bits per heavy atom. The molecule has 0 aliphatic carbocycles. The van der Waals surface area contributed by atoms with Crippen LogP contribution in [0.15, 0.2) is 114 Å². The third-order valence-electron chi connectivity index (χ3n) is 7.20. The number of aliphatic hydroxyl groups excluding tert-OH is 1. The molecule has 3 atom stereocenters. The van der Waals surface area contributed by atoms with Crippen LogP contribution in [0.1, 0.15) is 46.6 Å². The number of likely N-dealkylation sites (N-methyl/N-ethyl adjacent to an activating group) is 1. The second kappa shape index (κ2) is 13.5. The Kier molecular flexibility index (Phi) is 9.61. The van der Waals surface area contributed by atoms with Crippen molar-refractivity contribution in [1.29, 1.82) is 0 Å². The Morgan fingerprint density at radius 2 is 1.39 bits per heavy atom. The number of rotatable bonds is 11. The summed E-state index contributed by atoms with van der Waals surface area (Å²) < 4.78 is 40.8. The first kappa shape index (κ1) is 29.1. The minimum atomic E-state index is -3.59. The molecular formula is C33H36N2O5S. The highest BCUT2D eigenvalue weighted by Crippen LogP contribution is 2.38.